The van der Waals surface area contributed by atoms with Crippen LogP contribution in [0.2, 0.25) is 0 Å². The number of nitrogens with zero attached hydrogens (tertiary/aromatic N) is 2. The van der Waals surface area contributed by atoms with Crippen LogP contribution in [0, 0.1) is 0 Å². The molecule has 0 radical (unpaired) electrons. The molecule has 2 heterocycles. The molecule has 1 aliphatic heterocycles. The van der Waals surface area contributed by atoms with Crippen molar-refractivity contribution >= 4 is 19.0 Å². The summed E-state index contributed by atoms with van der Waals surface area (Å²) in [5.41, 5.74) is 5.90. The molecular weight excluding hydrogens is 331 g/mol. The highest BCUT2D eigenvalue weighted by Crippen LogP contribution is 2.30. The molecule has 1 aromatic heterocycles. The second-order valence-electron chi connectivity index (χ2n) is 5.47. The Bertz CT molecular complexity index is 810. The summed E-state index contributed by atoms with van der Waals surface area (Å²) < 4.78 is 10.1. The maximum Gasteiger partial charge on any atom is 0.547 e. The first-order chi connectivity index (χ1) is 12.0. The zero-order chi connectivity index (χ0) is 18.0. The molecule has 25 heavy (non-hydrogen) atoms. The Morgan fingerprint density at radius 3 is 2.92 bits per heavy atom. The molecule has 1 amide bonds. The Balaban J connectivity index is 1.68. The molecule has 0 unspecified atom stereocenters. The summed E-state index contributed by atoms with van der Waals surface area (Å²) in [5.74, 6) is -1.81. The fourth-order valence-corrected chi connectivity index (χ4v) is 2.56. The van der Waals surface area contributed by atoms with E-state index in [1.54, 1.807) is 12.1 Å². The predicted octanol–water partition coefficient (Wildman–Crippen LogP) is -1.09. The minimum Gasteiger partial charge on any atom is -0.534 e. The van der Waals surface area contributed by atoms with Crippen molar-refractivity contribution in [2.75, 3.05) is 0 Å². The first-order valence-corrected chi connectivity index (χ1v) is 7.48. The number of hydrogen-bond acceptors (Lipinski definition) is 8. The zero-order valence-corrected chi connectivity index (χ0v) is 13.0. The molecule has 11 heteroatoms. The fourth-order valence-electron chi connectivity index (χ4n) is 2.56. The zero-order valence-electron chi connectivity index (χ0n) is 13.0. The highest BCUT2D eigenvalue weighted by molar-refractivity contribution is 6.47. The van der Waals surface area contributed by atoms with Crippen LogP contribution in [0.1, 0.15) is 27.6 Å². The summed E-state index contributed by atoms with van der Waals surface area (Å²) in [6.45, 7) is 0.0759. The number of para-hydroxylation sites is 1. The highest BCUT2D eigenvalue weighted by Gasteiger charge is 2.37. The van der Waals surface area contributed by atoms with Gasteiger partial charge in [-0.15, -0.1) is 0 Å². The summed E-state index contributed by atoms with van der Waals surface area (Å²) in [4.78, 5) is 27.2. The van der Waals surface area contributed by atoms with Crippen molar-refractivity contribution < 1.29 is 28.9 Å². The van der Waals surface area contributed by atoms with Crippen LogP contribution in [0.25, 0.3) is 0 Å². The Labute approximate surface area is 142 Å². The van der Waals surface area contributed by atoms with Crippen LogP contribution in [0.5, 0.6) is 5.75 Å². The van der Waals surface area contributed by atoms with Crippen molar-refractivity contribution in [2.45, 2.75) is 25.3 Å². The fraction of sp³-hybridized carbons (Fsp3) is 0.286. The third-order valence-electron chi connectivity index (χ3n) is 3.70. The molecule has 1 atom stereocenters. The number of carbonyl (C=O) groups is 2. The smallest absolute Gasteiger partial charge is 0.534 e. The van der Waals surface area contributed by atoms with Crippen LogP contribution in [0.15, 0.2) is 22.7 Å². The summed E-state index contributed by atoms with van der Waals surface area (Å²) >= 11 is 0. The molecule has 0 spiro atoms. The summed E-state index contributed by atoms with van der Waals surface area (Å²) in [6, 6.07) is 4.65. The molecule has 0 aliphatic carbocycles. The van der Waals surface area contributed by atoms with Gasteiger partial charge >= 0.3 is 13.1 Å². The van der Waals surface area contributed by atoms with Crippen molar-refractivity contribution in [3.05, 3.63) is 41.0 Å². The minimum absolute atomic E-state index is 0.0394. The normalized spacial score (nSPS) is 16.1. The molecule has 2 aromatic rings. The Morgan fingerprint density at radius 2 is 2.24 bits per heavy atom. The van der Waals surface area contributed by atoms with E-state index in [0.29, 0.717) is 5.56 Å². The highest BCUT2D eigenvalue weighted by atomic mass is 16.5. The van der Waals surface area contributed by atoms with Crippen LogP contribution in [-0.2, 0) is 24.2 Å². The average Bonchev–Trinajstić information content (AvgIpc) is 3.02. The number of nitrogens with one attached hydrogen (secondary N) is 1. The maximum atomic E-state index is 12.1. The lowest BCUT2D eigenvalue weighted by Crippen LogP contribution is -2.53. The van der Waals surface area contributed by atoms with E-state index in [0.717, 1.165) is 0 Å². The van der Waals surface area contributed by atoms with Gasteiger partial charge in [0.05, 0.1) is 24.5 Å². The van der Waals surface area contributed by atoms with Crippen LogP contribution in [0.3, 0.4) is 0 Å². The summed E-state index contributed by atoms with van der Waals surface area (Å²) in [5, 5.41) is 25.5. The Kier molecular flexibility index (Phi) is 4.68. The van der Waals surface area contributed by atoms with Gasteiger partial charge in [0.1, 0.15) is 5.75 Å². The van der Waals surface area contributed by atoms with E-state index >= 15 is 0 Å². The van der Waals surface area contributed by atoms with Gasteiger partial charge in [-0.3, -0.25) is 4.79 Å². The quantitative estimate of drug-likeness (QED) is 0.493. The van der Waals surface area contributed by atoms with Gasteiger partial charge in [0, 0.05) is 0 Å². The van der Waals surface area contributed by atoms with Crippen molar-refractivity contribution in [3.8, 4) is 5.75 Å². The number of rotatable bonds is 5. The van der Waals surface area contributed by atoms with E-state index < -0.39 is 24.9 Å². The topological polar surface area (TPSA) is 161 Å². The van der Waals surface area contributed by atoms with E-state index in [9.17, 15) is 14.6 Å². The molecule has 1 aliphatic rings. The van der Waals surface area contributed by atoms with Crippen LogP contribution < -0.4 is 15.7 Å². The number of aromatic nitrogens is 2. The minimum atomic E-state index is -1.37. The maximum absolute atomic E-state index is 12.1. The van der Waals surface area contributed by atoms with Crippen LogP contribution >= 0.6 is 0 Å². The van der Waals surface area contributed by atoms with Gasteiger partial charge in [-0.1, -0.05) is 17.3 Å². The lowest BCUT2D eigenvalue weighted by Gasteiger charge is -2.28. The molecular formula is C14H15BN4O6. The Hall–Kier alpha value is -2.92. The Morgan fingerprint density at radius 1 is 1.44 bits per heavy atom. The number of fused-ring (bicyclic) bond motifs is 1. The number of amides is 1. The molecule has 1 aromatic carbocycles. The lowest BCUT2D eigenvalue weighted by atomic mass is 9.72. The monoisotopic (exact) mass is 346 g/mol. The molecule has 3 rings (SSSR count). The summed E-state index contributed by atoms with van der Waals surface area (Å²) in [6.07, 6.45) is 0.0817. The van der Waals surface area contributed by atoms with Crippen molar-refractivity contribution in [2.24, 2.45) is 5.73 Å². The molecule has 0 bridgehead atoms. The van der Waals surface area contributed by atoms with Gasteiger partial charge in [-0.25, -0.2) is 4.79 Å². The van der Waals surface area contributed by atoms with Crippen LogP contribution in [-0.4, -0.2) is 45.2 Å². The van der Waals surface area contributed by atoms with Crippen molar-refractivity contribution in [1.82, 2.24) is 15.5 Å². The van der Waals surface area contributed by atoms with Gasteiger partial charge < -0.3 is 30.4 Å². The van der Waals surface area contributed by atoms with E-state index in [1.165, 1.54) is 6.07 Å². The predicted molar refractivity (Wildman–Crippen MR) is 83.5 cm³/mol. The number of nitrogens with two attached hydrogens (primary N) is 1. The van der Waals surface area contributed by atoms with E-state index in [4.69, 9.17) is 20.0 Å². The third-order valence-corrected chi connectivity index (χ3v) is 3.70. The largest absolute Gasteiger partial charge is 0.547 e. The van der Waals surface area contributed by atoms with E-state index in [2.05, 4.69) is 15.5 Å². The van der Waals surface area contributed by atoms with Gasteiger partial charge in [-0.05, 0) is 18.1 Å². The number of hydrogen-bond donors (Lipinski definition) is 4. The van der Waals surface area contributed by atoms with Gasteiger partial charge in [-0.2, -0.15) is 4.98 Å². The van der Waals surface area contributed by atoms with Crippen molar-refractivity contribution in [1.29, 1.82) is 0 Å². The van der Waals surface area contributed by atoms with E-state index in [-0.39, 0.29) is 42.4 Å². The molecule has 0 saturated carbocycles. The number of carbonyl (C=O) groups excluding carboxylic acids is 1. The van der Waals surface area contributed by atoms with Gasteiger partial charge in [0.2, 0.25) is 11.8 Å². The van der Waals surface area contributed by atoms with Crippen LogP contribution in [0.4, 0.5) is 0 Å². The first-order valence-electron chi connectivity index (χ1n) is 7.48. The first kappa shape index (κ1) is 16.9. The lowest BCUT2D eigenvalue weighted by molar-refractivity contribution is -0.121. The average molecular weight is 346 g/mol. The molecule has 0 fully saturated rings. The van der Waals surface area contributed by atoms with E-state index in [1.807, 2.05) is 0 Å². The van der Waals surface area contributed by atoms with Gasteiger partial charge in [0.25, 0.3) is 0 Å². The number of carboxylic acids is 1. The third kappa shape index (κ3) is 3.62. The van der Waals surface area contributed by atoms with Crippen molar-refractivity contribution in [3.63, 3.8) is 0 Å². The molecule has 10 nitrogen and oxygen atoms in total. The second-order valence-corrected chi connectivity index (χ2v) is 5.47. The number of benzene rings is 1. The standard InChI is InChI=1S/C14H15BN4O6/c16-6-12-18-10(19-25-12)5-11(20)17-9-4-7-2-1-3-8(14(21)22)13(7)24-15(9)23/h1-3,9,23H,4-6,16H2,(H,17,20)(H,21,22)/t9-/m0/s1. The second kappa shape index (κ2) is 6.91. The number of aromatic carboxylic acids is 1. The molecule has 5 N–H and O–H groups in total. The molecule has 0 saturated heterocycles. The van der Waals surface area contributed by atoms with Gasteiger partial charge in [0.15, 0.2) is 5.82 Å². The SMILES string of the molecule is NCc1nc(CC(=O)N[C@H]2Cc3cccc(C(=O)O)c3OB2O)no1. The summed E-state index contributed by atoms with van der Waals surface area (Å²) in [7, 11) is -1.37. The number of carboxylic acid groups (broad SMARTS) is 1. The molecule has 130 valence electrons.